The zero-order valence-electron chi connectivity index (χ0n) is 10.6. The summed E-state index contributed by atoms with van der Waals surface area (Å²) in [5, 5.41) is 8.49. The van der Waals surface area contributed by atoms with Gasteiger partial charge in [0.2, 0.25) is 0 Å². The maximum Gasteiger partial charge on any atom is 0.328 e. The van der Waals surface area contributed by atoms with Gasteiger partial charge in [-0.25, -0.2) is 13.6 Å². The van der Waals surface area contributed by atoms with Crippen molar-refractivity contribution < 1.29 is 18.7 Å². The lowest BCUT2D eigenvalue weighted by Gasteiger charge is -2.24. The van der Waals surface area contributed by atoms with E-state index < -0.39 is 17.6 Å². The molecule has 19 heavy (non-hydrogen) atoms. The normalized spacial score (nSPS) is 19.3. The Morgan fingerprint density at radius 2 is 2.05 bits per heavy atom. The lowest BCUT2D eigenvalue weighted by atomic mass is 10.1. The minimum absolute atomic E-state index is 0.0162. The van der Waals surface area contributed by atoms with Crippen molar-refractivity contribution in [3.63, 3.8) is 0 Å². The van der Waals surface area contributed by atoms with Crippen LogP contribution in [-0.4, -0.2) is 23.7 Å². The third-order valence-electron chi connectivity index (χ3n) is 3.30. The van der Waals surface area contributed by atoms with Crippen molar-refractivity contribution in [2.45, 2.75) is 25.8 Å². The summed E-state index contributed by atoms with van der Waals surface area (Å²) in [4.78, 5) is 12.1. The van der Waals surface area contributed by atoms with Crippen molar-refractivity contribution in [2.75, 3.05) is 11.4 Å². The first-order chi connectivity index (χ1) is 8.99. The van der Waals surface area contributed by atoms with E-state index in [1.54, 1.807) is 4.90 Å². The number of hydrogen-bond acceptors (Lipinski definition) is 2. The van der Waals surface area contributed by atoms with Gasteiger partial charge in [-0.15, -0.1) is 0 Å². The van der Waals surface area contributed by atoms with Crippen LogP contribution in [0.15, 0.2) is 18.2 Å². The first-order valence-corrected chi connectivity index (χ1v) is 6.15. The van der Waals surface area contributed by atoms with Gasteiger partial charge < -0.3 is 10.0 Å². The number of benzene rings is 1. The van der Waals surface area contributed by atoms with Crippen molar-refractivity contribution in [2.24, 2.45) is 0 Å². The molecule has 1 aliphatic heterocycles. The summed E-state index contributed by atoms with van der Waals surface area (Å²) in [6.45, 7) is 2.57. The maximum absolute atomic E-state index is 14.0. The average Bonchev–Trinajstić information content (AvgIpc) is 2.72. The number of carbonyl (C=O) groups is 1. The quantitative estimate of drug-likeness (QED) is 0.856. The second kappa shape index (κ2) is 5.38. The Hall–Kier alpha value is -1.91. The zero-order chi connectivity index (χ0) is 14.0. The Labute approximate surface area is 110 Å². The number of nitrogens with zero attached hydrogens (tertiary/aromatic N) is 1. The van der Waals surface area contributed by atoms with E-state index in [1.807, 2.05) is 6.92 Å². The molecule has 1 heterocycles. The van der Waals surface area contributed by atoms with Crippen LogP contribution in [0, 0.1) is 11.6 Å². The predicted molar refractivity (Wildman–Crippen MR) is 69.1 cm³/mol. The zero-order valence-corrected chi connectivity index (χ0v) is 10.6. The van der Waals surface area contributed by atoms with E-state index in [1.165, 1.54) is 6.08 Å². The van der Waals surface area contributed by atoms with Crippen LogP contribution in [0.25, 0.3) is 6.08 Å². The van der Waals surface area contributed by atoms with E-state index in [4.69, 9.17) is 5.11 Å². The van der Waals surface area contributed by atoms with Crippen molar-refractivity contribution in [3.8, 4) is 0 Å². The molecule has 0 spiro atoms. The second-order valence-electron chi connectivity index (χ2n) is 4.69. The molecule has 102 valence electrons. The van der Waals surface area contributed by atoms with Crippen LogP contribution in [0.1, 0.15) is 25.3 Å². The van der Waals surface area contributed by atoms with Crippen molar-refractivity contribution in [1.82, 2.24) is 0 Å². The second-order valence-corrected chi connectivity index (χ2v) is 4.69. The SMILES string of the molecule is CC1CCCN1c1c(F)cc(C=CC(=O)O)cc1F. The highest BCUT2D eigenvalue weighted by Gasteiger charge is 2.26. The molecule has 1 atom stereocenters. The number of aliphatic carboxylic acids is 1. The monoisotopic (exact) mass is 267 g/mol. The number of rotatable bonds is 3. The molecule has 0 radical (unpaired) electrons. The molecule has 1 unspecified atom stereocenters. The molecule has 1 fully saturated rings. The third-order valence-corrected chi connectivity index (χ3v) is 3.30. The molecule has 1 N–H and O–H groups in total. The van der Waals surface area contributed by atoms with E-state index >= 15 is 0 Å². The fourth-order valence-electron chi connectivity index (χ4n) is 2.39. The maximum atomic E-state index is 14.0. The van der Waals surface area contributed by atoms with Crippen LogP contribution < -0.4 is 4.90 Å². The van der Waals surface area contributed by atoms with Crippen LogP contribution in [-0.2, 0) is 4.79 Å². The first kappa shape index (κ1) is 13.5. The van der Waals surface area contributed by atoms with Gasteiger partial charge in [0.05, 0.1) is 0 Å². The minimum atomic E-state index is -1.15. The average molecular weight is 267 g/mol. The van der Waals surface area contributed by atoms with Crippen molar-refractivity contribution in [3.05, 3.63) is 35.4 Å². The number of carboxylic acid groups (broad SMARTS) is 1. The van der Waals surface area contributed by atoms with Crippen LogP contribution in [0.3, 0.4) is 0 Å². The van der Waals surface area contributed by atoms with Gasteiger partial charge in [-0.1, -0.05) is 0 Å². The van der Waals surface area contributed by atoms with Crippen LogP contribution in [0.2, 0.25) is 0 Å². The topological polar surface area (TPSA) is 40.5 Å². The highest BCUT2D eigenvalue weighted by atomic mass is 19.1. The standard InChI is InChI=1S/C14H15F2NO2/c1-9-3-2-6-17(9)14-11(15)7-10(8-12(14)16)4-5-13(18)19/h4-5,7-9H,2-3,6H2,1H3,(H,18,19). The van der Waals surface area contributed by atoms with Gasteiger partial charge in [0.1, 0.15) is 17.3 Å². The summed E-state index contributed by atoms with van der Waals surface area (Å²) in [5.41, 5.74) is 0.186. The van der Waals surface area contributed by atoms with E-state index in [-0.39, 0.29) is 17.3 Å². The summed E-state index contributed by atoms with van der Waals surface area (Å²) in [7, 11) is 0. The van der Waals surface area contributed by atoms with Gasteiger partial charge in [-0.2, -0.15) is 0 Å². The smallest absolute Gasteiger partial charge is 0.328 e. The van der Waals surface area contributed by atoms with Gasteiger partial charge >= 0.3 is 5.97 Å². The van der Waals surface area contributed by atoms with Crippen molar-refractivity contribution in [1.29, 1.82) is 0 Å². The predicted octanol–water partition coefficient (Wildman–Crippen LogP) is 3.05. The lowest BCUT2D eigenvalue weighted by Crippen LogP contribution is -2.28. The summed E-state index contributed by atoms with van der Waals surface area (Å²) >= 11 is 0. The van der Waals surface area contributed by atoms with Gasteiger partial charge in [0.15, 0.2) is 0 Å². The summed E-state index contributed by atoms with van der Waals surface area (Å²) in [6, 6.07) is 2.43. The molecule has 0 aromatic heterocycles. The number of anilines is 1. The fourth-order valence-corrected chi connectivity index (χ4v) is 2.39. The molecule has 3 nitrogen and oxygen atoms in total. The van der Waals surface area contributed by atoms with E-state index in [0.717, 1.165) is 31.1 Å². The molecule has 2 rings (SSSR count). The molecule has 1 aromatic rings. The van der Waals surface area contributed by atoms with Gasteiger partial charge in [-0.05, 0) is 43.5 Å². The molecule has 0 bridgehead atoms. The molecule has 5 heteroatoms. The minimum Gasteiger partial charge on any atom is -0.478 e. The highest BCUT2D eigenvalue weighted by molar-refractivity contribution is 5.85. The number of carboxylic acids is 1. The van der Waals surface area contributed by atoms with Crippen LogP contribution in [0.4, 0.5) is 14.5 Å². The van der Waals surface area contributed by atoms with E-state index in [9.17, 15) is 13.6 Å². The Bertz CT molecular complexity index is 505. The summed E-state index contributed by atoms with van der Waals surface area (Å²) in [5.74, 6) is -2.46. The van der Waals surface area contributed by atoms with Crippen molar-refractivity contribution >= 4 is 17.7 Å². The molecule has 1 aliphatic rings. The van der Waals surface area contributed by atoms with Crippen LogP contribution in [0.5, 0.6) is 0 Å². The summed E-state index contributed by atoms with van der Waals surface area (Å²) < 4.78 is 28.0. The Morgan fingerprint density at radius 1 is 1.42 bits per heavy atom. The Balaban J connectivity index is 2.34. The first-order valence-electron chi connectivity index (χ1n) is 6.15. The lowest BCUT2D eigenvalue weighted by molar-refractivity contribution is -0.131. The highest BCUT2D eigenvalue weighted by Crippen LogP contribution is 2.31. The molecule has 1 aromatic carbocycles. The van der Waals surface area contributed by atoms with Gasteiger partial charge in [0, 0.05) is 18.7 Å². The molecule has 0 amide bonds. The van der Waals surface area contributed by atoms with E-state index in [2.05, 4.69) is 0 Å². The van der Waals surface area contributed by atoms with Crippen LogP contribution >= 0.6 is 0 Å². The summed E-state index contributed by atoms with van der Waals surface area (Å²) in [6.07, 6.45) is 3.86. The Morgan fingerprint density at radius 3 is 2.53 bits per heavy atom. The largest absolute Gasteiger partial charge is 0.478 e. The van der Waals surface area contributed by atoms with Gasteiger partial charge in [-0.3, -0.25) is 0 Å². The third kappa shape index (κ3) is 2.92. The Kier molecular flexibility index (Phi) is 3.83. The van der Waals surface area contributed by atoms with E-state index in [0.29, 0.717) is 6.54 Å². The molecular weight excluding hydrogens is 252 g/mol. The van der Waals surface area contributed by atoms with Gasteiger partial charge in [0.25, 0.3) is 0 Å². The fraction of sp³-hybridized carbons (Fsp3) is 0.357. The molecule has 0 saturated carbocycles. The number of hydrogen-bond donors (Lipinski definition) is 1. The molecule has 0 aliphatic carbocycles. The molecular formula is C14H15F2NO2. The molecule has 1 saturated heterocycles. The number of halogens is 2.